The van der Waals surface area contributed by atoms with Crippen LogP contribution < -0.4 is 4.72 Å². The topological polar surface area (TPSA) is 87.7 Å². The maximum absolute atomic E-state index is 14.0. The highest BCUT2D eigenvalue weighted by molar-refractivity contribution is 7.89. The number of halogens is 2. The van der Waals surface area contributed by atoms with E-state index < -0.39 is 20.7 Å². The van der Waals surface area contributed by atoms with Crippen LogP contribution in [-0.4, -0.2) is 23.6 Å². The molecule has 1 aromatic carbocycles. The summed E-state index contributed by atoms with van der Waals surface area (Å²) in [6.07, 6.45) is 7.37. The molecule has 0 bridgehead atoms. The summed E-state index contributed by atoms with van der Waals surface area (Å²) in [5.74, 6) is -0.872. The van der Waals surface area contributed by atoms with Crippen LogP contribution in [0.1, 0.15) is 17.8 Å². The van der Waals surface area contributed by atoms with Crippen LogP contribution in [-0.2, 0) is 10.0 Å². The summed E-state index contributed by atoms with van der Waals surface area (Å²) in [7, 11) is -4.13. The third kappa shape index (κ3) is 3.94. The molecule has 0 spiro atoms. The summed E-state index contributed by atoms with van der Waals surface area (Å²) >= 11 is 5.81. The van der Waals surface area contributed by atoms with Gasteiger partial charge in [0.2, 0.25) is 0 Å². The molecule has 3 aromatic rings. The second-order valence-electron chi connectivity index (χ2n) is 6.52. The lowest BCUT2D eigenvalue weighted by molar-refractivity contribution is 0.562. The molecule has 0 radical (unpaired) electrons. The van der Waals surface area contributed by atoms with Gasteiger partial charge in [-0.2, -0.15) is 5.10 Å². The molecule has 1 aliphatic rings. The molecule has 0 amide bonds. The average Bonchev–Trinajstić information content (AvgIpc) is 2.90. The standard InChI is InChI=1S/C20H16ClFN4O2S/c1-12-16-8-10-18(23-20(16)25-24-12)13-3-2-4-15(7-5-13)26-29(27,28)19-11-14(21)6-9-17(19)22/h2,4-11,26H,3H2,1H3,(H,23,24,25). The maximum Gasteiger partial charge on any atom is 0.264 e. The molecule has 1 aliphatic carbocycles. The van der Waals surface area contributed by atoms with Gasteiger partial charge in [-0.15, -0.1) is 0 Å². The molecule has 0 saturated heterocycles. The molecule has 148 valence electrons. The Labute approximate surface area is 171 Å². The van der Waals surface area contributed by atoms with E-state index in [9.17, 15) is 12.8 Å². The second kappa shape index (κ2) is 7.46. The van der Waals surface area contributed by atoms with Crippen LogP contribution in [0.15, 0.2) is 65.2 Å². The first-order valence-electron chi connectivity index (χ1n) is 8.71. The van der Waals surface area contributed by atoms with Gasteiger partial charge in [-0.1, -0.05) is 23.8 Å². The number of allylic oxidation sites excluding steroid dienone is 5. The molecule has 2 heterocycles. The quantitative estimate of drug-likeness (QED) is 0.647. The van der Waals surface area contributed by atoms with Crippen molar-refractivity contribution in [3.8, 4) is 0 Å². The first-order valence-corrected chi connectivity index (χ1v) is 10.6. The summed E-state index contributed by atoms with van der Waals surface area (Å²) < 4.78 is 41.5. The number of aromatic nitrogens is 3. The minimum absolute atomic E-state index is 0.134. The van der Waals surface area contributed by atoms with Crippen LogP contribution in [0.2, 0.25) is 5.02 Å². The molecule has 0 aliphatic heterocycles. The molecule has 0 fully saturated rings. The minimum Gasteiger partial charge on any atom is -0.280 e. The van der Waals surface area contributed by atoms with E-state index in [0.717, 1.165) is 34.5 Å². The second-order valence-corrected chi connectivity index (χ2v) is 8.60. The van der Waals surface area contributed by atoms with Crippen molar-refractivity contribution in [2.75, 3.05) is 0 Å². The van der Waals surface area contributed by atoms with E-state index in [0.29, 0.717) is 17.8 Å². The number of benzene rings is 1. The average molecular weight is 431 g/mol. The Bertz CT molecular complexity index is 1310. The smallest absolute Gasteiger partial charge is 0.264 e. The first-order chi connectivity index (χ1) is 13.8. The largest absolute Gasteiger partial charge is 0.280 e. The molecule has 6 nitrogen and oxygen atoms in total. The maximum atomic E-state index is 14.0. The van der Waals surface area contributed by atoms with Crippen molar-refractivity contribution < 1.29 is 12.8 Å². The van der Waals surface area contributed by atoms with Gasteiger partial charge in [0.25, 0.3) is 10.0 Å². The Kier molecular flexibility index (Phi) is 4.97. The minimum atomic E-state index is -4.13. The molecular formula is C20H16ClFN4O2S. The Morgan fingerprint density at radius 1 is 1.21 bits per heavy atom. The van der Waals surface area contributed by atoms with Crippen molar-refractivity contribution in [3.05, 3.63) is 82.6 Å². The SMILES string of the molecule is Cc1[nH]nc2nc(C3=CC=C(NS(=O)(=O)c4cc(Cl)ccc4F)C=CC3)ccc12. The number of hydrogen-bond acceptors (Lipinski definition) is 4. The third-order valence-corrected chi connectivity index (χ3v) is 6.10. The van der Waals surface area contributed by atoms with Crippen LogP contribution in [0.25, 0.3) is 16.6 Å². The van der Waals surface area contributed by atoms with Crippen LogP contribution in [0.3, 0.4) is 0 Å². The highest BCUT2D eigenvalue weighted by atomic mass is 35.5. The molecule has 0 atom stereocenters. The zero-order chi connectivity index (χ0) is 20.6. The molecular weight excluding hydrogens is 415 g/mol. The number of pyridine rings is 1. The fraction of sp³-hybridized carbons (Fsp3) is 0.100. The molecule has 2 aromatic heterocycles. The van der Waals surface area contributed by atoms with Gasteiger partial charge in [-0.3, -0.25) is 9.82 Å². The van der Waals surface area contributed by atoms with Gasteiger partial charge >= 0.3 is 0 Å². The van der Waals surface area contributed by atoms with E-state index in [1.165, 1.54) is 6.07 Å². The van der Waals surface area contributed by atoms with Crippen LogP contribution in [0, 0.1) is 12.7 Å². The molecule has 0 unspecified atom stereocenters. The molecule has 4 rings (SSSR count). The summed E-state index contributed by atoms with van der Waals surface area (Å²) in [6, 6.07) is 7.23. The summed E-state index contributed by atoms with van der Waals surface area (Å²) in [5.41, 5.74) is 3.51. The lowest BCUT2D eigenvalue weighted by Gasteiger charge is -2.09. The van der Waals surface area contributed by atoms with Crippen LogP contribution in [0.4, 0.5) is 4.39 Å². The van der Waals surface area contributed by atoms with E-state index in [1.807, 2.05) is 25.1 Å². The van der Waals surface area contributed by atoms with Gasteiger partial charge in [-0.25, -0.2) is 17.8 Å². The number of hydrogen-bond donors (Lipinski definition) is 2. The van der Waals surface area contributed by atoms with Gasteiger partial charge in [0.05, 0.1) is 5.69 Å². The van der Waals surface area contributed by atoms with Crippen LogP contribution in [0.5, 0.6) is 0 Å². The lowest BCUT2D eigenvalue weighted by Crippen LogP contribution is -2.23. The monoisotopic (exact) mass is 430 g/mol. The number of aryl methyl sites for hydroxylation is 1. The van der Waals surface area contributed by atoms with Crippen molar-refractivity contribution in [1.82, 2.24) is 19.9 Å². The fourth-order valence-corrected chi connectivity index (χ4v) is 4.38. The lowest BCUT2D eigenvalue weighted by atomic mass is 10.1. The Balaban J connectivity index is 1.63. The Morgan fingerprint density at radius 3 is 2.86 bits per heavy atom. The van der Waals surface area contributed by atoms with Gasteiger partial charge < -0.3 is 0 Å². The molecule has 2 N–H and O–H groups in total. The van der Waals surface area contributed by atoms with Gasteiger partial charge in [0.15, 0.2) is 5.65 Å². The summed E-state index contributed by atoms with van der Waals surface area (Å²) in [6.45, 7) is 1.92. The van der Waals surface area contributed by atoms with Gasteiger partial charge in [0, 0.05) is 21.8 Å². The normalized spacial score (nSPS) is 14.4. The van der Waals surface area contributed by atoms with Crippen molar-refractivity contribution in [2.24, 2.45) is 0 Å². The Morgan fingerprint density at radius 2 is 2.03 bits per heavy atom. The van der Waals surface area contributed by atoms with Gasteiger partial charge in [-0.05, 0) is 61.4 Å². The van der Waals surface area contributed by atoms with E-state index in [-0.39, 0.29) is 5.02 Å². The Hall–Kier alpha value is -2.97. The fourth-order valence-electron chi connectivity index (χ4n) is 2.98. The predicted molar refractivity (Wildman–Crippen MR) is 110 cm³/mol. The van der Waals surface area contributed by atoms with Gasteiger partial charge in [0.1, 0.15) is 10.7 Å². The first kappa shape index (κ1) is 19.4. The summed E-state index contributed by atoms with van der Waals surface area (Å²) in [4.78, 5) is 4.05. The van der Waals surface area contributed by atoms with E-state index in [4.69, 9.17) is 11.6 Å². The van der Waals surface area contributed by atoms with E-state index in [2.05, 4.69) is 19.9 Å². The number of rotatable bonds is 4. The molecule has 29 heavy (non-hydrogen) atoms. The van der Waals surface area contributed by atoms with E-state index in [1.54, 1.807) is 18.2 Å². The number of nitrogens with zero attached hydrogens (tertiary/aromatic N) is 2. The third-order valence-electron chi connectivity index (χ3n) is 4.47. The number of sulfonamides is 1. The van der Waals surface area contributed by atoms with E-state index >= 15 is 0 Å². The number of aromatic amines is 1. The highest BCUT2D eigenvalue weighted by Crippen LogP contribution is 2.24. The van der Waals surface area contributed by atoms with Crippen molar-refractivity contribution in [3.63, 3.8) is 0 Å². The number of fused-ring (bicyclic) bond motifs is 1. The highest BCUT2D eigenvalue weighted by Gasteiger charge is 2.20. The van der Waals surface area contributed by atoms with Crippen molar-refractivity contribution in [2.45, 2.75) is 18.2 Å². The zero-order valence-electron chi connectivity index (χ0n) is 15.3. The zero-order valence-corrected chi connectivity index (χ0v) is 16.9. The predicted octanol–water partition coefficient (Wildman–Crippen LogP) is 4.26. The molecule has 9 heteroatoms. The van der Waals surface area contributed by atoms with Crippen LogP contribution >= 0.6 is 11.6 Å². The number of nitrogens with one attached hydrogen (secondary N) is 2. The molecule has 0 saturated carbocycles. The summed E-state index contributed by atoms with van der Waals surface area (Å²) in [5, 5.41) is 8.16. The number of H-pyrrole nitrogens is 1. The van der Waals surface area contributed by atoms with Crippen molar-refractivity contribution in [1.29, 1.82) is 0 Å². The van der Waals surface area contributed by atoms with Crippen molar-refractivity contribution >= 4 is 38.2 Å².